The second-order valence-corrected chi connectivity index (χ2v) is 4.43. The van der Waals surface area contributed by atoms with Crippen LogP contribution in [0.1, 0.15) is 15.9 Å². The molecule has 3 nitrogen and oxygen atoms in total. The van der Waals surface area contributed by atoms with Crippen LogP contribution >= 0.6 is 11.6 Å². The van der Waals surface area contributed by atoms with Gasteiger partial charge < -0.3 is 11.1 Å². The van der Waals surface area contributed by atoms with E-state index in [1.807, 2.05) is 13.0 Å². The molecule has 3 N–H and O–H groups in total. The van der Waals surface area contributed by atoms with Crippen LogP contribution in [0, 0.1) is 6.92 Å². The number of halogens is 1. The van der Waals surface area contributed by atoms with E-state index in [1.54, 1.807) is 36.4 Å². The lowest BCUT2D eigenvalue weighted by Crippen LogP contribution is -2.14. The molecule has 2 rings (SSSR count). The maximum atomic E-state index is 12.1. The van der Waals surface area contributed by atoms with Gasteiger partial charge in [-0.1, -0.05) is 35.4 Å². The van der Waals surface area contributed by atoms with Crippen LogP contribution in [0.4, 0.5) is 11.4 Å². The first-order valence-electron chi connectivity index (χ1n) is 5.50. The Morgan fingerprint density at radius 3 is 2.67 bits per heavy atom. The molecule has 0 fully saturated rings. The Labute approximate surface area is 111 Å². The molecule has 2 aromatic carbocycles. The fourth-order valence-corrected chi connectivity index (χ4v) is 1.80. The number of nitrogens with two attached hydrogens (primary N) is 1. The number of nitrogens with one attached hydrogen (secondary N) is 1. The number of amides is 1. The smallest absolute Gasteiger partial charge is 0.257 e. The highest BCUT2D eigenvalue weighted by Crippen LogP contribution is 2.22. The van der Waals surface area contributed by atoms with Crippen molar-refractivity contribution in [1.29, 1.82) is 0 Å². The van der Waals surface area contributed by atoms with Gasteiger partial charge in [-0.2, -0.15) is 0 Å². The number of rotatable bonds is 2. The molecule has 0 aliphatic heterocycles. The van der Waals surface area contributed by atoms with Crippen molar-refractivity contribution in [2.45, 2.75) is 6.92 Å². The van der Waals surface area contributed by atoms with E-state index in [1.165, 1.54) is 0 Å². The predicted octanol–water partition coefficient (Wildman–Crippen LogP) is 3.48. The van der Waals surface area contributed by atoms with Crippen LogP contribution < -0.4 is 11.1 Å². The molecule has 0 bridgehead atoms. The highest BCUT2D eigenvalue weighted by atomic mass is 35.5. The highest BCUT2D eigenvalue weighted by molar-refractivity contribution is 6.34. The van der Waals surface area contributed by atoms with Crippen molar-refractivity contribution in [3.05, 3.63) is 58.6 Å². The molecule has 0 spiro atoms. The second-order valence-electron chi connectivity index (χ2n) is 4.02. The quantitative estimate of drug-likeness (QED) is 0.812. The lowest BCUT2D eigenvalue weighted by molar-refractivity contribution is 0.102. The van der Waals surface area contributed by atoms with E-state index in [9.17, 15) is 4.79 Å². The van der Waals surface area contributed by atoms with Crippen molar-refractivity contribution in [1.82, 2.24) is 0 Å². The van der Waals surface area contributed by atoms with E-state index >= 15 is 0 Å². The van der Waals surface area contributed by atoms with Crippen molar-refractivity contribution in [3.63, 3.8) is 0 Å². The van der Waals surface area contributed by atoms with Crippen LogP contribution in [0.3, 0.4) is 0 Å². The normalized spacial score (nSPS) is 10.1. The van der Waals surface area contributed by atoms with E-state index < -0.39 is 0 Å². The lowest BCUT2D eigenvalue weighted by atomic mass is 10.1. The van der Waals surface area contributed by atoms with Gasteiger partial charge in [0.25, 0.3) is 5.91 Å². The lowest BCUT2D eigenvalue weighted by Gasteiger charge is -2.09. The van der Waals surface area contributed by atoms with Crippen molar-refractivity contribution in [2.24, 2.45) is 0 Å². The van der Waals surface area contributed by atoms with Crippen LogP contribution in [0.15, 0.2) is 42.5 Å². The van der Waals surface area contributed by atoms with Crippen molar-refractivity contribution in [2.75, 3.05) is 11.1 Å². The van der Waals surface area contributed by atoms with Gasteiger partial charge in [-0.15, -0.1) is 0 Å². The monoisotopic (exact) mass is 260 g/mol. The van der Waals surface area contributed by atoms with E-state index in [4.69, 9.17) is 17.3 Å². The third-order valence-corrected chi connectivity index (χ3v) is 2.91. The fourth-order valence-electron chi connectivity index (χ4n) is 1.62. The predicted molar refractivity (Wildman–Crippen MR) is 75.0 cm³/mol. The number of anilines is 2. The Kier molecular flexibility index (Phi) is 3.53. The molecule has 0 radical (unpaired) electrons. The molecule has 92 valence electrons. The molecule has 0 aliphatic rings. The van der Waals surface area contributed by atoms with Crippen LogP contribution in [0.2, 0.25) is 5.02 Å². The van der Waals surface area contributed by atoms with Gasteiger partial charge in [0.2, 0.25) is 0 Å². The molecular weight excluding hydrogens is 248 g/mol. The minimum atomic E-state index is -0.260. The van der Waals surface area contributed by atoms with Crippen molar-refractivity contribution >= 4 is 28.9 Å². The SMILES string of the molecule is Cc1ccc(N)c(C(=O)Nc2ccccc2Cl)c1. The Balaban J connectivity index is 2.28. The molecule has 0 aliphatic carbocycles. The standard InChI is InChI=1S/C14H13ClN2O/c1-9-6-7-12(16)10(8-9)14(18)17-13-5-3-2-4-11(13)15/h2-8H,16H2,1H3,(H,17,18). The molecule has 0 saturated heterocycles. The van der Waals surface area contributed by atoms with E-state index in [0.29, 0.717) is 22.0 Å². The third-order valence-electron chi connectivity index (χ3n) is 2.58. The third kappa shape index (κ3) is 2.63. The molecule has 0 aromatic heterocycles. The van der Waals surface area contributed by atoms with Gasteiger partial charge in [0, 0.05) is 5.69 Å². The van der Waals surface area contributed by atoms with Gasteiger partial charge >= 0.3 is 0 Å². The van der Waals surface area contributed by atoms with E-state index in [2.05, 4.69) is 5.32 Å². The number of carbonyl (C=O) groups is 1. The molecule has 2 aromatic rings. The molecule has 0 atom stereocenters. The topological polar surface area (TPSA) is 55.1 Å². The summed E-state index contributed by atoms with van der Waals surface area (Å²) in [6.45, 7) is 1.91. The largest absolute Gasteiger partial charge is 0.398 e. The summed E-state index contributed by atoms with van der Waals surface area (Å²) >= 11 is 5.98. The zero-order chi connectivity index (χ0) is 13.1. The number of benzene rings is 2. The summed E-state index contributed by atoms with van der Waals surface area (Å²) < 4.78 is 0. The average Bonchev–Trinajstić information content (AvgIpc) is 2.35. The minimum Gasteiger partial charge on any atom is -0.398 e. The first kappa shape index (κ1) is 12.5. The molecule has 0 heterocycles. The molecule has 4 heteroatoms. The van der Waals surface area contributed by atoms with Crippen molar-refractivity contribution < 1.29 is 4.79 Å². The Hall–Kier alpha value is -2.00. The fraction of sp³-hybridized carbons (Fsp3) is 0.0714. The number of aryl methyl sites for hydroxylation is 1. The summed E-state index contributed by atoms with van der Waals surface area (Å²) in [5, 5.41) is 3.24. The maximum Gasteiger partial charge on any atom is 0.257 e. The van der Waals surface area contributed by atoms with E-state index in [0.717, 1.165) is 5.56 Å². The Morgan fingerprint density at radius 2 is 1.94 bits per heavy atom. The second kappa shape index (κ2) is 5.10. The van der Waals surface area contributed by atoms with Gasteiger partial charge in [-0.3, -0.25) is 4.79 Å². The molecule has 1 amide bonds. The molecule has 0 unspecified atom stereocenters. The number of para-hydroxylation sites is 1. The van der Waals surface area contributed by atoms with Crippen LogP contribution in [0.25, 0.3) is 0 Å². The summed E-state index contributed by atoms with van der Waals surface area (Å²) in [6.07, 6.45) is 0. The van der Waals surface area contributed by atoms with E-state index in [-0.39, 0.29) is 5.91 Å². The molecular formula is C14H13ClN2O. The summed E-state index contributed by atoms with van der Waals surface area (Å²) in [5.74, 6) is -0.260. The number of carbonyl (C=O) groups excluding carboxylic acids is 1. The van der Waals surface area contributed by atoms with Gasteiger partial charge in [0.05, 0.1) is 16.3 Å². The molecule has 0 saturated carbocycles. The van der Waals surface area contributed by atoms with Gasteiger partial charge in [-0.25, -0.2) is 0 Å². The zero-order valence-corrected chi connectivity index (χ0v) is 10.7. The first-order chi connectivity index (χ1) is 8.58. The summed E-state index contributed by atoms with van der Waals surface area (Å²) in [7, 11) is 0. The first-order valence-corrected chi connectivity index (χ1v) is 5.88. The van der Waals surface area contributed by atoms with Crippen LogP contribution in [-0.2, 0) is 0 Å². The van der Waals surface area contributed by atoms with Gasteiger partial charge in [-0.05, 0) is 31.2 Å². The highest BCUT2D eigenvalue weighted by Gasteiger charge is 2.11. The zero-order valence-electron chi connectivity index (χ0n) is 9.91. The minimum absolute atomic E-state index is 0.260. The summed E-state index contributed by atoms with van der Waals surface area (Å²) in [4.78, 5) is 12.1. The summed E-state index contributed by atoms with van der Waals surface area (Å²) in [6, 6.07) is 12.4. The number of hydrogen-bond donors (Lipinski definition) is 2. The van der Waals surface area contributed by atoms with Crippen LogP contribution in [-0.4, -0.2) is 5.91 Å². The average molecular weight is 261 g/mol. The molecule has 18 heavy (non-hydrogen) atoms. The Morgan fingerprint density at radius 1 is 1.22 bits per heavy atom. The summed E-state index contributed by atoms with van der Waals surface area (Å²) in [5.41, 5.74) is 8.25. The van der Waals surface area contributed by atoms with Gasteiger partial charge in [0.1, 0.15) is 0 Å². The number of hydrogen-bond acceptors (Lipinski definition) is 2. The Bertz CT molecular complexity index is 596. The van der Waals surface area contributed by atoms with Crippen molar-refractivity contribution in [3.8, 4) is 0 Å². The number of nitrogen functional groups attached to an aromatic ring is 1. The van der Waals surface area contributed by atoms with Crippen LogP contribution in [0.5, 0.6) is 0 Å². The maximum absolute atomic E-state index is 12.1. The van der Waals surface area contributed by atoms with Gasteiger partial charge in [0.15, 0.2) is 0 Å².